The number of pyridine rings is 1. The summed E-state index contributed by atoms with van der Waals surface area (Å²) in [6.45, 7) is 10.6. The van der Waals surface area contributed by atoms with Gasteiger partial charge in [-0.05, 0) is 56.4 Å². The molecule has 6 heteroatoms. The minimum Gasteiger partial charge on any atom is -0.347 e. The van der Waals surface area contributed by atoms with Gasteiger partial charge in [-0.2, -0.15) is 0 Å². The van der Waals surface area contributed by atoms with Crippen molar-refractivity contribution < 1.29 is 4.79 Å². The summed E-state index contributed by atoms with van der Waals surface area (Å²) in [5, 5.41) is 3.12. The van der Waals surface area contributed by atoms with Crippen molar-refractivity contribution >= 4 is 39.1 Å². The molecule has 0 radical (unpaired) electrons. The number of nitrogens with zero attached hydrogens (tertiary/aromatic N) is 1. The molecule has 28 heavy (non-hydrogen) atoms. The fraction of sp³-hybridized carbons (Fsp3) is 0.455. The molecular weight excluding hydrogens is 440 g/mol. The molecule has 0 aliphatic heterocycles. The van der Waals surface area contributed by atoms with Crippen molar-refractivity contribution in [3.8, 4) is 0 Å². The molecule has 0 saturated carbocycles. The molecule has 0 fully saturated rings. The molecule has 0 atom stereocenters. The van der Waals surface area contributed by atoms with E-state index in [1.54, 1.807) is 0 Å². The lowest BCUT2D eigenvalue weighted by atomic mass is 10.0. The number of carbonyl (C=O) groups is 1. The predicted molar refractivity (Wildman–Crippen MR) is 121 cm³/mol. The number of benzene rings is 1. The lowest BCUT2D eigenvalue weighted by molar-refractivity contribution is 0.102. The van der Waals surface area contributed by atoms with E-state index in [1.807, 2.05) is 44.4 Å². The third-order valence-electron chi connectivity index (χ3n) is 5.14. The molecule has 0 aliphatic carbocycles. The summed E-state index contributed by atoms with van der Waals surface area (Å²) in [7, 11) is 0. The molecular formula is C22H28BrClN2O2. The van der Waals surface area contributed by atoms with Crippen molar-refractivity contribution in [1.82, 2.24) is 4.57 Å². The van der Waals surface area contributed by atoms with Gasteiger partial charge in [-0.3, -0.25) is 9.59 Å². The largest absolute Gasteiger partial charge is 0.347 e. The molecule has 1 heterocycles. The number of aryl methyl sites for hydroxylation is 2. The van der Waals surface area contributed by atoms with Crippen molar-refractivity contribution in [2.75, 3.05) is 5.32 Å². The normalized spacial score (nSPS) is 11.0. The Bertz CT molecular complexity index is 926. The average molecular weight is 468 g/mol. The Morgan fingerprint density at radius 1 is 1.11 bits per heavy atom. The number of hydrogen-bond acceptors (Lipinski definition) is 2. The van der Waals surface area contributed by atoms with Crippen LogP contribution in [0.25, 0.3) is 0 Å². The van der Waals surface area contributed by atoms with Crippen LogP contribution in [0.3, 0.4) is 0 Å². The summed E-state index contributed by atoms with van der Waals surface area (Å²) in [5.41, 5.74) is 3.93. The summed E-state index contributed by atoms with van der Waals surface area (Å²) in [6.07, 6.45) is 3.52. The Hall–Kier alpha value is -1.59. The van der Waals surface area contributed by atoms with Gasteiger partial charge in [-0.1, -0.05) is 54.7 Å². The second kappa shape index (κ2) is 9.75. The van der Waals surface area contributed by atoms with Crippen molar-refractivity contribution in [1.29, 1.82) is 0 Å². The van der Waals surface area contributed by atoms with E-state index in [0.29, 0.717) is 11.4 Å². The summed E-state index contributed by atoms with van der Waals surface area (Å²) >= 11 is 9.84. The van der Waals surface area contributed by atoms with E-state index in [4.69, 9.17) is 11.6 Å². The number of rotatable bonds is 7. The third-order valence-corrected chi connectivity index (χ3v) is 6.05. The summed E-state index contributed by atoms with van der Waals surface area (Å²) in [6, 6.07) is 4.01. The standard InChI is InChI=1S/C22H28BrClN2O2/c1-6-9-10-26-13(4)18(21(27)19(24)14(26)5)22(28)25-20-15(7-2)11-17(23)12-16(20)8-3/h11-12H,6-10H2,1-5H3,(H,25,28). The highest BCUT2D eigenvalue weighted by atomic mass is 79.9. The van der Waals surface area contributed by atoms with Crippen molar-refractivity contribution in [3.63, 3.8) is 0 Å². The van der Waals surface area contributed by atoms with E-state index in [-0.39, 0.29) is 10.6 Å². The Morgan fingerprint density at radius 2 is 1.68 bits per heavy atom. The maximum absolute atomic E-state index is 13.2. The first-order valence-corrected chi connectivity index (χ1v) is 11.0. The lowest BCUT2D eigenvalue weighted by Crippen LogP contribution is -2.29. The number of nitrogens with one attached hydrogen (secondary N) is 1. The van der Waals surface area contributed by atoms with Gasteiger partial charge >= 0.3 is 0 Å². The monoisotopic (exact) mass is 466 g/mol. The van der Waals surface area contributed by atoms with Crippen molar-refractivity contribution in [2.45, 2.75) is 66.8 Å². The lowest BCUT2D eigenvalue weighted by Gasteiger charge is -2.20. The van der Waals surface area contributed by atoms with Crippen LogP contribution in [0.15, 0.2) is 21.4 Å². The molecule has 0 unspecified atom stereocenters. The van der Waals surface area contributed by atoms with E-state index in [2.05, 4.69) is 28.2 Å². The SMILES string of the molecule is CCCCn1c(C)c(Cl)c(=O)c(C(=O)Nc2c(CC)cc(Br)cc2CC)c1C. The van der Waals surface area contributed by atoms with E-state index >= 15 is 0 Å². The Labute approximate surface area is 180 Å². The smallest absolute Gasteiger partial charge is 0.261 e. The van der Waals surface area contributed by atoms with Gasteiger partial charge in [0.15, 0.2) is 0 Å². The molecule has 1 N–H and O–H groups in total. The Balaban J connectivity index is 2.57. The first-order chi connectivity index (χ1) is 13.3. The molecule has 4 nitrogen and oxygen atoms in total. The maximum atomic E-state index is 13.2. The highest BCUT2D eigenvalue weighted by Gasteiger charge is 2.22. The van der Waals surface area contributed by atoms with Crippen molar-refractivity contribution in [2.24, 2.45) is 0 Å². The number of anilines is 1. The summed E-state index contributed by atoms with van der Waals surface area (Å²) < 4.78 is 2.96. The van der Waals surface area contributed by atoms with Gasteiger partial charge in [-0.15, -0.1) is 0 Å². The molecule has 1 amide bonds. The zero-order chi connectivity index (χ0) is 21.0. The zero-order valence-corrected chi connectivity index (χ0v) is 19.6. The van der Waals surface area contributed by atoms with Crippen LogP contribution < -0.4 is 10.7 Å². The van der Waals surface area contributed by atoms with Crippen molar-refractivity contribution in [3.05, 3.63) is 59.9 Å². The van der Waals surface area contributed by atoms with E-state index < -0.39 is 11.3 Å². The van der Waals surface area contributed by atoms with E-state index in [0.717, 1.165) is 53.5 Å². The molecule has 2 rings (SSSR count). The Kier molecular flexibility index (Phi) is 7.90. The summed E-state index contributed by atoms with van der Waals surface area (Å²) in [5.74, 6) is -0.402. The fourth-order valence-corrected chi connectivity index (χ4v) is 4.23. The molecule has 2 aromatic rings. The highest BCUT2D eigenvalue weighted by molar-refractivity contribution is 9.10. The topological polar surface area (TPSA) is 51.1 Å². The minimum absolute atomic E-state index is 0.120. The number of carbonyl (C=O) groups excluding carboxylic acids is 1. The minimum atomic E-state index is -0.407. The van der Waals surface area contributed by atoms with Crippen LogP contribution in [-0.2, 0) is 19.4 Å². The Morgan fingerprint density at radius 3 is 2.18 bits per heavy atom. The highest BCUT2D eigenvalue weighted by Crippen LogP contribution is 2.28. The van der Waals surface area contributed by atoms with Gasteiger partial charge in [0, 0.05) is 28.1 Å². The third kappa shape index (κ3) is 4.52. The number of unbranched alkanes of at least 4 members (excludes halogenated alkanes) is 1. The molecule has 0 aliphatic rings. The maximum Gasteiger partial charge on any atom is 0.261 e. The molecule has 0 saturated heterocycles. The van der Waals surface area contributed by atoms with E-state index in [1.165, 1.54) is 0 Å². The van der Waals surface area contributed by atoms with Crippen LogP contribution in [0.1, 0.15) is 66.5 Å². The molecule has 0 spiro atoms. The first-order valence-electron chi connectivity index (χ1n) is 9.78. The van der Waals surface area contributed by atoms with Crippen LogP contribution in [-0.4, -0.2) is 10.5 Å². The van der Waals surface area contributed by atoms with E-state index in [9.17, 15) is 9.59 Å². The number of aromatic nitrogens is 1. The molecule has 152 valence electrons. The van der Waals surface area contributed by atoms with Gasteiger partial charge in [0.2, 0.25) is 5.43 Å². The first kappa shape index (κ1) is 22.7. The predicted octanol–water partition coefficient (Wildman–Crippen LogP) is 6.06. The van der Waals surface area contributed by atoms with Gasteiger partial charge < -0.3 is 9.88 Å². The second-order valence-corrected chi connectivity index (χ2v) is 8.25. The van der Waals surface area contributed by atoms with Gasteiger partial charge in [0.05, 0.1) is 0 Å². The van der Waals surface area contributed by atoms with Gasteiger partial charge in [0.25, 0.3) is 5.91 Å². The van der Waals surface area contributed by atoms with Crippen LogP contribution in [0.5, 0.6) is 0 Å². The van der Waals surface area contributed by atoms with Crippen LogP contribution in [0, 0.1) is 13.8 Å². The quantitative estimate of drug-likeness (QED) is 0.538. The number of halogens is 2. The average Bonchev–Trinajstić information content (AvgIpc) is 2.67. The molecule has 1 aromatic heterocycles. The van der Waals surface area contributed by atoms with Crippen LogP contribution in [0.4, 0.5) is 5.69 Å². The summed E-state index contributed by atoms with van der Waals surface area (Å²) in [4.78, 5) is 26.0. The number of amides is 1. The number of hydrogen-bond donors (Lipinski definition) is 1. The molecule has 1 aromatic carbocycles. The van der Waals surface area contributed by atoms with Crippen LogP contribution >= 0.6 is 27.5 Å². The zero-order valence-electron chi connectivity index (χ0n) is 17.2. The second-order valence-electron chi connectivity index (χ2n) is 6.95. The van der Waals surface area contributed by atoms with Crippen LogP contribution in [0.2, 0.25) is 5.02 Å². The fourth-order valence-electron chi connectivity index (χ4n) is 3.48. The van der Waals surface area contributed by atoms with Gasteiger partial charge in [0.1, 0.15) is 10.6 Å². The van der Waals surface area contributed by atoms with Gasteiger partial charge in [-0.25, -0.2) is 0 Å². The molecule has 0 bridgehead atoms.